The van der Waals surface area contributed by atoms with Gasteiger partial charge >= 0.3 is 0 Å². The summed E-state index contributed by atoms with van der Waals surface area (Å²) in [5, 5.41) is 2.90. The van der Waals surface area contributed by atoms with E-state index in [9.17, 15) is 13.2 Å². The molecule has 0 aliphatic rings. The second kappa shape index (κ2) is 8.43. The molecule has 6 nitrogen and oxygen atoms in total. The molecule has 0 aliphatic heterocycles. The van der Waals surface area contributed by atoms with Crippen LogP contribution in [0.15, 0.2) is 36.4 Å². The standard InChI is InChI=1S/C20H26N2O4S/c1-14-11-15(2)20(16(3)12-14)21-19(23)9-10-22(27(5,24)25)17-7-6-8-18(13-17)26-4/h6-8,11-13H,9-10H2,1-5H3,(H,21,23). The van der Waals surface area contributed by atoms with E-state index in [0.29, 0.717) is 11.4 Å². The van der Waals surface area contributed by atoms with Gasteiger partial charge in [0, 0.05) is 24.7 Å². The molecule has 0 fully saturated rings. The minimum absolute atomic E-state index is 0.0387. The van der Waals surface area contributed by atoms with E-state index in [0.717, 1.165) is 28.6 Å². The largest absolute Gasteiger partial charge is 0.497 e. The van der Waals surface area contributed by atoms with Gasteiger partial charge in [0.15, 0.2) is 0 Å². The van der Waals surface area contributed by atoms with Gasteiger partial charge in [0.1, 0.15) is 5.75 Å². The number of carbonyl (C=O) groups excluding carboxylic acids is 1. The van der Waals surface area contributed by atoms with Crippen molar-refractivity contribution in [2.24, 2.45) is 0 Å². The van der Waals surface area contributed by atoms with Crippen LogP contribution in [-0.4, -0.2) is 34.2 Å². The number of methoxy groups -OCH3 is 1. The Morgan fingerprint density at radius 2 is 1.74 bits per heavy atom. The van der Waals surface area contributed by atoms with E-state index in [1.807, 2.05) is 32.9 Å². The highest BCUT2D eigenvalue weighted by Gasteiger charge is 2.19. The molecule has 0 saturated heterocycles. The zero-order valence-corrected chi connectivity index (χ0v) is 17.2. The number of hydrogen-bond acceptors (Lipinski definition) is 4. The molecular formula is C20H26N2O4S. The number of amides is 1. The lowest BCUT2D eigenvalue weighted by atomic mass is 10.1. The molecule has 1 amide bonds. The average molecular weight is 391 g/mol. The van der Waals surface area contributed by atoms with Crippen LogP contribution in [-0.2, 0) is 14.8 Å². The maximum Gasteiger partial charge on any atom is 0.232 e. The van der Waals surface area contributed by atoms with Gasteiger partial charge in [0.2, 0.25) is 15.9 Å². The van der Waals surface area contributed by atoms with E-state index in [2.05, 4.69) is 5.32 Å². The van der Waals surface area contributed by atoms with Crippen molar-refractivity contribution in [1.82, 2.24) is 0 Å². The Morgan fingerprint density at radius 3 is 2.30 bits per heavy atom. The van der Waals surface area contributed by atoms with Crippen LogP contribution in [0.4, 0.5) is 11.4 Å². The first-order valence-electron chi connectivity index (χ1n) is 8.61. The number of nitrogens with one attached hydrogen (secondary N) is 1. The molecule has 7 heteroatoms. The van der Waals surface area contributed by atoms with Gasteiger partial charge in [-0.05, 0) is 44.0 Å². The molecule has 27 heavy (non-hydrogen) atoms. The number of benzene rings is 2. The zero-order chi connectivity index (χ0) is 20.2. The molecular weight excluding hydrogens is 364 g/mol. The SMILES string of the molecule is COc1cccc(N(CCC(=O)Nc2c(C)cc(C)cc2C)S(C)(=O)=O)c1. The summed E-state index contributed by atoms with van der Waals surface area (Å²) < 4.78 is 30.8. The number of ether oxygens (including phenoxy) is 1. The first-order chi connectivity index (χ1) is 12.6. The number of rotatable bonds is 7. The fraction of sp³-hybridized carbons (Fsp3) is 0.350. The second-order valence-electron chi connectivity index (χ2n) is 6.61. The van der Waals surface area contributed by atoms with Gasteiger partial charge in [-0.15, -0.1) is 0 Å². The molecule has 2 aromatic rings. The van der Waals surface area contributed by atoms with Crippen LogP contribution < -0.4 is 14.4 Å². The summed E-state index contributed by atoms with van der Waals surface area (Å²) in [4.78, 5) is 12.4. The normalized spacial score (nSPS) is 11.1. The lowest BCUT2D eigenvalue weighted by molar-refractivity contribution is -0.116. The van der Waals surface area contributed by atoms with E-state index in [-0.39, 0.29) is 18.9 Å². The maximum absolute atomic E-state index is 12.4. The van der Waals surface area contributed by atoms with Crippen LogP contribution in [0.25, 0.3) is 0 Å². The highest BCUT2D eigenvalue weighted by molar-refractivity contribution is 7.92. The maximum atomic E-state index is 12.4. The fourth-order valence-corrected chi connectivity index (χ4v) is 3.95. The predicted molar refractivity (Wildman–Crippen MR) is 109 cm³/mol. The number of carbonyl (C=O) groups is 1. The summed E-state index contributed by atoms with van der Waals surface area (Å²) in [5.41, 5.74) is 4.33. The van der Waals surface area contributed by atoms with Crippen LogP contribution in [0.5, 0.6) is 5.75 Å². The molecule has 0 radical (unpaired) electrons. The molecule has 1 N–H and O–H groups in total. The van der Waals surface area contributed by atoms with Crippen molar-refractivity contribution < 1.29 is 17.9 Å². The molecule has 0 atom stereocenters. The van der Waals surface area contributed by atoms with Crippen molar-refractivity contribution in [2.75, 3.05) is 29.5 Å². The van der Waals surface area contributed by atoms with Crippen LogP contribution in [0.3, 0.4) is 0 Å². The van der Waals surface area contributed by atoms with Gasteiger partial charge in [0.25, 0.3) is 0 Å². The Balaban J connectivity index is 2.15. The number of anilines is 2. The number of aryl methyl sites for hydroxylation is 3. The van der Waals surface area contributed by atoms with Crippen molar-refractivity contribution in [1.29, 1.82) is 0 Å². The summed E-state index contributed by atoms with van der Waals surface area (Å²) in [7, 11) is -2.02. The van der Waals surface area contributed by atoms with Crippen molar-refractivity contribution in [3.63, 3.8) is 0 Å². The van der Waals surface area contributed by atoms with Crippen LogP contribution in [0, 0.1) is 20.8 Å². The van der Waals surface area contributed by atoms with Crippen molar-refractivity contribution >= 4 is 27.3 Å². The van der Waals surface area contributed by atoms with Crippen molar-refractivity contribution in [3.8, 4) is 5.75 Å². The Labute approximate surface area is 161 Å². The van der Waals surface area contributed by atoms with Gasteiger partial charge in [-0.25, -0.2) is 8.42 Å². The van der Waals surface area contributed by atoms with Gasteiger partial charge in [-0.2, -0.15) is 0 Å². The summed E-state index contributed by atoms with van der Waals surface area (Å²) >= 11 is 0. The number of nitrogens with zero attached hydrogens (tertiary/aromatic N) is 1. The Morgan fingerprint density at radius 1 is 1.11 bits per heavy atom. The lowest BCUT2D eigenvalue weighted by Crippen LogP contribution is -2.33. The molecule has 0 heterocycles. The van der Waals surface area contributed by atoms with E-state index >= 15 is 0 Å². The van der Waals surface area contributed by atoms with Crippen LogP contribution in [0.2, 0.25) is 0 Å². The van der Waals surface area contributed by atoms with E-state index in [1.165, 1.54) is 11.4 Å². The Bertz CT molecular complexity index is 916. The third-order valence-corrected chi connectivity index (χ3v) is 5.42. The Hall–Kier alpha value is -2.54. The molecule has 0 spiro atoms. The van der Waals surface area contributed by atoms with E-state index in [1.54, 1.807) is 24.3 Å². The zero-order valence-electron chi connectivity index (χ0n) is 16.4. The third-order valence-electron chi connectivity index (χ3n) is 4.23. The van der Waals surface area contributed by atoms with E-state index < -0.39 is 10.0 Å². The summed E-state index contributed by atoms with van der Waals surface area (Å²) in [6.45, 7) is 5.93. The minimum Gasteiger partial charge on any atom is -0.497 e. The molecule has 0 saturated carbocycles. The van der Waals surface area contributed by atoms with Gasteiger partial charge in [0.05, 0.1) is 19.1 Å². The monoisotopic (exact) mass is 390 g/mol. The predicted octanol–water partition coefficient (Wildman–Crippen LogP) is 3.42. The molecule has 0 aliphatic carbocycles. The average Bonchev–Trinajstić information content (AvgIpc) is 2.57. The van der Waals surface area contributed by atoms with Gasteiger partial charge < -0.3 is 10.1 Å². The molecule has 0 bridgehead atoms. The van der Waals surface area contributed by atoms with Gasteiger partial charge in [-0.1, -0.05) is 23.8 Å². The molecule has 146 valence electrons. The fourth-order valence-electron chi connectivity index (χ4n) is 3.03. The lowest BCUT2D eigenvalue weighted by Gasteiger charge is -2.23. The second-order valence-corrected chi connectivity index (χ2v) is 8.52. The number of hydrogen-bond donors (Lipinski definition) is 1. The molecule has 0 unspecified atom stereocenters. The van der Waals surface area contributed by atoms with Gasteiger partial charge in [-0.3, -0.25) is 9.10 Å². The Kier molecular flexibility index (Phi) is 6.49. The van der Waals surface area contributed by atoms with Crippen molar-refractivity contribution in [3.05, 3.63) is 53.1 Å². The quantitative estimate of drug-likeness (QED) is 0.786. The topological polar surface area (TPSA) is 75.7 Å². The van der Waals surface area contributed by atoms with Crippen LogP contribution >= 0.6 is 0 Å². The molecule has 2 aromatic carbocycles. The highest BCUT2D eigenvalue weighted by Crippen LogP contribution is 2.24. The summed E-state index contributed by atoms with van der Waals surface area (Å²) in [6, 6.07) is 10.8. The minimum atomic E-state index is -3.54. The summed E-state index contributed by atoms with van der Waals surface area (Å²) in [5.74, 6) is 0.318. The summed E-state index contributed by atoms with van der Waals surface area (Å²) in [6.07, 6.45) is 1.16. The third kappa shape index (κ3) is 5.47. The highest BCUT2D eigenvalue weighted by atomic mass is 32.2. The smallest absolute Gasteiger partial charge is 0.232 e. The first-order valence-corrected chi connectivity index (χ1v) is 10.5. The van der Waals surface area contributed by atoms with E-state index in [4.69, 9.17) is 4.74 Å². The number of sulfonamides is 1. The van der Waals surface area contributed by atoms with Crippen molar-refractivity contribution in [2.45, 2.75) is 27.2 Å². The first kappa shape index (κ1) is 20.8. The molecule has 0 aromatic heterocycles. The van der Waals surface area contributed by atoms with Crippen LogP contribution in [0.1, 0.15) is 23.1 Å². The molecule has 2 rings (SSSR count).